The molecule has 1 fully saturated rings. The molecule has 1 aromatic heterocycles. The van der Waals surface area contributed by atoms with E-state index in [4.69, 9.17) is 15.9 Å². The number of ether oxygens (including phenoxy) is 1. The Kier molecular flexibility index (Phi) is 3.75. The summed E-state index contributed by atoms with van der Waals surface area (Å²) in [5.41, 5.74) is 8.29. The molecule has 1 atom stereocenters. The van der Waals surface area contributed by atoms with Gasteiger partial charge in [-0.1, -0.05) is 18.2 Å². The van der Waals surface area contributed by atoms with Crippen molar-refractivity contribution in [1.82, 2.24) is 4.98 Å². The van der Waals surface area contributed by atoms with Gasteiger partial charge in [-0.15, -0.1) is 0 Å². The maximum Gasteiger partial charge on any atom is 0.126 e. The molecule has 0 saturated carbocycles. The second kappa shape index (κ2) is 5.69. The fraction of sp³-hybridized carbons (Fsp3) is 0.375. The first-order chi connectivity index (χ1) is 10.2. The van der Waals surface area contributed by atoms with Gasteiger partial charge in [-0.25, -0.2) is 0 Å². The molecule has 1 aliphatic heterocycles. The van der Waals surface area contributed by atoms with Crippen LogP contribution in [-0.2, 0) is 4.74 Å². The zero-order chi connectivity index (χ0) is 14.8. The van der Waals surface area contributed by atoms with Gasteiger partial charge in [-0.05, 0) is 18.9 Å². The number of benzene rings is 1. The predicted molar refractivity (Wildman–Crippen MR) is 85.0 cm³/mol. The number of amidine groups is 1. The molecule has 0 spiro atoms. The van der Waals surface area contributed by atoms with Crippen molar-refractivity contribution in [3.8, 4) is 0 Å². The molecule has 0 aliphatic carbocycles. The minimum atomic E-state index is 0.0439. The van der Waals surface area contributed by atoms with Gasteiger partial charge in [0.05, 0.1) is 22.9 Å². The van der Waals surface area contributed by atoms with Crippen molar-refractivity contribution in [2.75, 3.05) is 25.1 Å². The molecule has 1 aromatic carbocycles. The largest absolute Gasteiger partial charge is 0.384 e. The second-order valence-corrected chi connectivity index (χ2v) is 5.47. The van der Waals surface area contributed by atoms with Gasteiger partial charge >= 0.3 is 0 Å². The Balaban J connectivity index is 2.04. The number of pyridine rings is 1. The number of anilines is 1. The van der Waals surface area contributed by atoms with Gasteiger partial charge in [0, 0.05) is 31.8 Å². The number of hydrogen-bond donors (Lipinski definition) is 2. The van der Waals surface area contributed by atoms with Gasteiger partial charge in [0.15, 0.2) is 0 Å². The third kappa shape index (κ3) is 2.69. The minimum Gasteiger partial charge on any atom is -0.384 e. The number of nitrogens with one attached hydrogen (secondary N) is 1. The molecule has 0 radical (unpaired) electrons. The Labute approximate surface area is 124 Å². The molecular weight excluding hydrogens is 264 g/mol. The minimum absolute atomic E-state index is 0.0439. The van der Waals surface area contributed by atoms with Gasteiger partial charge in [-0.3, -0.25) is 10.4 Å². The summed E-state index contributed by atoms with van der Waals surface area (Å²) < 4.78 is 5.72. The number of hydrogen-bond acceptors (Lipinski definition) is 4. The van der Waals surface area contributed by atoms with Gasteiger partial charge in [0.25, 0.3) is 0 Å². The quantitative estimate of drug-likeness (QED) is 0.666. The molecule has 110 valence electrons. The van der Waals surface area contributed by atoms with Crippen LogP contribution >= 0.6 is 0 Å². The van der Waals surface area contributed by atoms with E-state index in [1.807, 2.05) is 31.3 Å². The lowest BCUT2D eigenvalue weighted by molar-refractivity contribution is 0.116. The summed E-state index contributed by atoms with van der Waals surface area (Å²) in [6, 6.07) is 7.95. The highest BCUT2D eigenvalue weighted by atomic mass is 16.5. The van der Waals surface area contributed by atoms with E-state index in [1.54, 1.807) is 6.20 Å². The second-order valence-electron chi connectivity index (χ2n) is 5.47. The lowest BCUT2D eigenvalue weighted by atomic mass is 10.1. The summed E-state index contributed by atoms with van der Waals surface area (Å²) in [7, 11) is 2.02. The first kappa shape index (κ1) is 13.8. The molecule has 5 nitrogen and oxygen atoms in total. The van der Waals surface area contributed by atoms with Crippen LogP contribution in [0.25, 0.3) is 10.9 Å². The fourth-order valence-corrected chi connectivity index (χ4v) is 2.92. The average molecular weight is 284 g/mol. The third-order valence-electron chi connectivity index (χ3n) is 3.92. The monoisotopic (exact) mass is 284 g/mol. The van der Waals surface area contributed by atoms with E-state index in [0.717, 1.165) is 42.6 Å². The maximum atomic E-state index is 7.81. The average Bonchev–Trinajstić information content (AvgIpc) is 2.98. The summed E-state index contributed by atoms with van der Waals surface area (Å²) in [5.74, 6) is 0.0439. The summed E-state index contributed by atoms with van der Waals surface area (Å²) in [5, 5.41) is 8.83. The number of rotatable bonds is 4. The Morgan fingerprint density at radius 1 is 1.48 bits per heavy atom. The zero-order valence-corrected chi connectivity index (χ0v) is 12.2. The van der Waals surface area contributed by atoms with E-state index in [9.17, 15) is 0 Å². The molecule has 2 aromatic rings. The normalized spacial score (nSPS) is 18.0. The highest BCUT2D eigenvalue weighted by Gasteiger charge is 2.21. The smallest absolute Gasteiger partial charge is 0.126 e. The summed E-state index contributed by atoms with van der Waals surface area (Å²) in [6.45, 7) is 1.64. The number of nitrogens with zero attached hydrogens (tertiary/aromatic N) is 2. The van der Waals surface area contributed by atoms with Crippen molar-refractivity contribution < 1.29 is 4.74 Å². The van der Waals surface area contributed by atoms with Crippen LogP contribution in [0.15, 0.2) is 30.5 Å². The maximum absolute atomic E-state index is 7.81. The number of likely N-dealkylation sites (N-methyl/N-ethyl adjacent to an activating group) is 1. The number of nitrogen functional groups attached to an aromatic ring is 1. The van der Waals surface area contributed by atoms with Gasteiger partial charge < -0.3 is 15.4 Å². The Morgan fingerprint density at radius 3 is 3.00 bits per heavy atom. The van der Waals surface area contributed by atoms with Crippen LogP contribution in [0.4, 0.5) is 5.69 Å². The van der Waals surface area contributed by atoms with Gasteiger partial charge in [0.2, 0.25) is 0 Å². The van der Waals surface area contributed by atoms with Crippen LogP contribution in [0.3, 0.4) is 0 Å². The molecule has 3 N–H and O–H groups in total. The van der Waals surface area contributed by atoms with E-state index < -0.39 is 0 Å². The van der Waals surface area contributed by atoms with E-state index in [1.165, 1.54) is 0 Å². The van der Waals surface area contributed by atoms with Crippen LogP contribution in [0.2, 0.25) is 0 Å². The SMILES string of the molecule is CN(CC1CCCO1)c1c(C(=N)N)cnc2ccccc12. The Morgan fingerprint density at radius 2 is 2.29 bits per heavy atom. The molecule has 0 bridgehead atoms. The van der Waals surface area contributed by atoms with E-state index in [0.29, 0.717) is 5.56 Å². The van der Waals surface area contributed by atoms with E-state index in [2.05, 4.69) is 9.88 Å². The first-order valence-corrected chi connectivity index (χ1v) is 7.21. The highest BCUT2D eigenvalue weighted by molar-refractivity contribution is 6.07. The van der Waals surface area contributed by atoms with Crippen molar-refractivity contribution in [3.63, 3.8) is 0 Å². The van der Waals surface area contributed by atoms with Crippen molar-refractivity contribution >= 4 is 22.4 Å². The summed E-state index contributed by atoms with van der Waals surface area (Å²) >= 11 is 0. The molecule has 2 heterocycles. The van der Waals surface area contributed by atoms with Gasteiger partial charge in [0.1, 0.15) is 5.84 Å². The van der Waals surface area contributed by atoms with Crippen LogP contribution in [-0.4, -0.2) is 37.1 Å². The third-order valence-corrected chi connectivity index (χ3v) is 3.92. The van der Waals surface area contributed by atoms with Crippen molar-refractivity contribution in [2.45, 2.75) is 18.9 Å². The van der Waals surface area contributed by atoms with Crippen molar-refractivity contribution in [2.24, 2.45) is 5.73 Å². The lowest BCUT2D eigenvalue weighted by Crippen LogP contribution is -2.30. The molecule has 5 heteroatoms. The molecular formula is C16H20N4O. The Hall–Kier alpha value is -2.14. The van der Waals surface area contributed by atoms with Crippen molar-refractivity contribution in [3.05, 3.63) is 36.0 Å². The molecule has 1 aliphatic rings. The van der Waals surface area contributed by atoms with Gasteiger partial charge in [-0.2, -0.15) is 0 Å². The van der Waals surface area contributed by atoms with E-state index in [-0.39, 0.29) is 11.9 Å². The topological polar surface area (TPSA) is 75.2 Å². The number of nitrogens with two attached hydrogens (primary N) is 1. The Bertz CT molecular complexity index is 664. The zero-order valence-electron chi connectivity index (χ0n) is 12.2. The summed E-state index contributed by atoms with van der Waals surface area (Å²) in [4.78, 5) is 6.53. The number of aromatic nitrogens is 1. The number of para-hydroxylation sites is 1. The fourth-order valence-electron chi connectivity index (χ4n) is 2.92. The van der Waals surface area contributed by atoms with Crippen LogP contribution in [0.5, 0.6) is 0 Å². The molecule has 0 amide bonds. The standard InChI is InChI=1S/C16H20N4O/c1-20(10-11-5-4-8-21-11)15-12-6-2-3-7-14(12)19-9-13(15)16(17)18/h2-3,6-7,9,11H,4-5,8,10H2,1H3,(H3,17,18). The molecule has 1 saturated heterocycles. The number of fused-ring (bicyclic) bond motifs is 1. The summed E-state index contributed by atoms with van der Waals surface area (Å²) in [6.07, 6.45) is 4.14. The van der Waals surface area contributed by atoms with Crippen LogP contribution in [0, 0.1) is 5.41 Å². The molecule has 21 heavy (non-hydrogen) atoms. The lowest BCUT2D eigenvalue weighted by Gasteiger charge is -2.26. The first-order valence-electron chi connectivity index (χ1n) is 7.21. The van der Waals surface area contributed by atoms with E-state index >= 15 is 0 Å². The van der Waals surface area contributed by atoms with Crippen LogP contribution in [0.1, 0.15) is 18.4 Å². The highest BCUT2D eigenvalue weighted by Crippen LogP contribution is 2.29. The molecule has 1 unspecified atom stereocenters. The van der Waals surface area contributed by atoms with Crippen molar-refractivity contribution in [1.29, 1.82) is 5.41 Å². The predicted octanol–water partition coefficient (Wildman–Crippen LogP) is 2.13. The molecule has 3 rings (SSSR count). The van der Waals surface area contributed by atoms with Crippen LogP contribution < -0.4 is 10.6 Å².